The molecule has 5 atom stereocenters. The molecule has 3 aromatic rings. The standard InChI is InChI=1S/C44H57FO5/c1-32(35-22-26-39(45)27-23-35)34-14-9-8-13-33(18-19-34)12-6-4-3-5-7-16-37-21-20-36-15-10-11-17-41(36)50-42(43(37)46)30-31-49-40-28-24-38(25-29-40)44(47)48-2/h10-11,15,17,22-29,32-34,37,42H,3-9,12-14,16,18-21,30-31H2,1-2H3. The fraction of sp³-hybridized carbons (Fsp3) is 0.545. The topological polar surface area (TPSA) is 61.8 Å². The highest BCUT2D eigenvalue weighted by Crippen LogP contribution is 2.37. The first-order valence-electron chi connectivity index (χ1n) is 19.3. The van der Waals surface area contributed by atoms with Gasteiger partial charge in [-0.2, -0.15) is 0 Å². The maximum atomic E-state index is 13.8. The Morgan fingerprint density at radius 3 is 2.32 bits per heavy atom. The van der Waals surface area contributed by atoms with Gasteiger partial charge in [0, 0.05) is 12.3 Å². The molecule has 1 heterocycles. The SMILES string of the molecule is COC(=O)c1ccc(OCCC2Oc3ccccc3CCC(CCCCCCCC3CCCCC(C(C)c4ccc(F)cc4)CC3)C2=O)cc1. The normalized spacial score (nSPS) is 21.8. The zero-order chi connectivity index (χ0) is 35.1. The molecule has 1 fully saturated rings. The van der Waals surface area contributed by atoms with Gasteiger partial charge >= 0.3 is 5.97 Å². The first-order chi connectivity index (χ1) is 24.4. The second kappa shape index (κ2) is 19.7. The Morgan fingerprint density at radius 2 is 1.54 bits per heavy atom. The summed E-state index contributed by atoms with van der Waals surface area (Å²) in [5, 5.41) is 0. The van der Waals surface area contributed by atoms with E-state index in [4.69, 9.17) is 14.2 Å². The highest BCUT2D eigenvalue weighted by molar-refractivity contribution is 5.89. The summed E-state index contributed by atoms with van der Waals surface area (Å²) in [6, 6.07) is 22.1. The molecule has 0 radical (unpaired) electrons. The van der Waals surface area contributed by atoms with Gasteiger partial charge in [-0.1, -0.05) is 101 Å². The van der Waals surface area contributed by atoms with Crippen LogP contribution in [0.1, 0.15) is 131 Å². The molecular formula is C44H57FO5. The molecule has 50 heavy (non-hydrogen) atoms. The zero-order valence-electron chi connectivity index (χ0n) is 30.3. The lowest BCUT2D eigenvalue weighted by Crippen LogP contribution is -2.36. The van der Waals surface area contributed by atoms with Crippen LogP contribution in [0.3, 0.4) is 0 Å². The molecular weight excluding hydrogens is 627 g/mol. The monoisotopic (exact) mass is 684 g/mol. The van der Waals surface area contributed by atoms with E-state index in [1.54, 1.807) is 36.4 Å². The molecule has 5 unspecified atom stereocenters. The highest BCUT2D eigenvalue weighted by Gasteiger charge is 2.31. The molecule has 0 N–H and O–H groups in total. The van der Waals surface area contributed by atoms with E-state index in [2.05, 4.69) is 13.0 Å². The maximum Gasteiger partial charge on any atom is 0.337 e. The summed E-state index contributed by atoms with van der Waals surface area (Å²) in [5.74, 6) is 3.10. The van der Waals surface area contributed by atoms with Gasteiger partial charge in [-0.05, 0) is 103 Å². The number of para-hydroxylation sites is 1. The van der Waals surface area contributed by atoms with Crippen LogP contribution in [-0.2, 0) is 16.0 Å². The number of hydrogen-bond acceptors (Lipinski definition) is 5. The molecule has 0 bridgehead atoms. The van der Waals surface area contributed by atoms with Crippen molar-refractivity contribution in [2.24, 2.45) is 17.8 Å². The molecule has 1 aliphatic carbocycles. The summed E-state index contributed by atoms with van der Waals surface area (Å²) >= 11 is 0. The van der Waals surface area contributed by atoms with Gasteiger partial charge in [0.25, 0.3) is 0 Å². The number of fused-ring (bicyclic) bond motifs is 1. The number of carbonyl (C=O) groups is 2. The summed E-state index contributed by atoms with van der Waals surface area (Å²) in [4.78, 5) is 25.5. The second-order valence-corrected chi connectivity index (χ2v) is 14.7. The molecule has 5 nitrogen and oxygen atoms in total. The van der Waals surface area contributed by atoms with Gasteiger partial charge in [-0.15, -0.1) is 0 Å². The number of aryl methyl sites for hydroxylation is 1. The molecule has 5 rings (SSSR count). The van der Waals surface area contributed by atoms with E-state index in [0.29, 0.717) is 36.2 Å². The van der Waals surface area contributed by atoms with Crippen molar-refractivity contribution in [1.29, 1.82) is 0 Å². The molecule has 0 saturated heterocycles. The zero-order valence-corrected chi connectivity index (χ0v) is 30.3. The summed E-state index contributed by atoms with van der Waals surface area (Å²) in [7, 11) is 1.36. The maximum absolute atomic E-state index is 13.8. The first-order valence-corrected chi connectivity index (χ1v) is 19.3. The minimum absolute atomic E-state index is 0.00661. The quantitative estimate of drug-likeness (QED) is 0.118. The second-order valence-electron chi connectivity index (χ2n) is 14.7. The third-order valence-electron chi connectivity index (χ3n) is 11.3. The van der Waals surface area contributed by atoms with Crippen molar-refractivity contribution < 1.29 is 28.2 Å². The number of rotatable bonds is 15. The Balaban J connectivity index is 1.03. The van der Waals surface area contributed by atoms with E-state index in [-0.39, 0.29) is 23.5 Å². The summed E-state index contributed by atoms with van der Waals surface area (Å²) in [6.07, 6.45) is 17.8. The molecule has 3 aromatic carbocycles. The van der Waals surface area contributed by atoms with E-state index >= 15 is 0 Å². The van der Waals surface area contributed by atoms with Crippen molar-refractivity contribution in [1.82, 2.24) is 0 Å². The lowest BCUT2D eigenvalue weighted by Gasteiger charge is -2.29. The van der Waals surface area contributed by atoms with E-state index in [1.165, 1.54) is 88.9 Å². The number of esters is 1. The van der Waals surface area contributed by atoms with Crippen LogP contribution in [-0.4, -0.2) is 31.6 Å². The molecule has 0 spiro atoms. The first kappa shape index (κ1) is 37.6. The van der Waals surface area contributed by atoms with Gasteiger partial charge in [-0.3, -0.25) is 4.79 Å². The number of ether oxygens (including phenoxy) is 3. The van der Waals surface area contributed by atoms with Crippen molar-refractivity contribution in [3.05, 3.63) is 95.3 Å². The van der Waals surface area contributed by atoms with Crippen LogP contribution in [0.25, 0.3) is 0 Å². The molecule has 1 saturated carbocycles. The molecule has 6 heteroatoms. The lowest BCUT2D eigenvalue weighted by atomic mass is 9.76. The van der Waals surface area contributed by atoms with Crippen LogP contribution < -0.4 is 9.47 Å². The highest BCUT2D eigenvalue weighted by atomic mass is 19.1. The van der Waals surface area contributed by atoms with Crippen molar-refractivity contribution in [2.45, 2.75) is 122 Å². The predicted octanol–water partition coefficient (Wildman–Crippen LogP) is 11.1. The van der Waals surface area contributed by atoms with Crippen LogP contribution in [0, 0.1) is 23.6 Å². The Morgan fingerprint density at radius 1 is 0.820 bits per heavy atom. The van der Waals surface area contributed by atoms with Gasteiger partial charge in [0.05, 0.1) is 19.3 Å². The molecule has 0 amide bonds. The lowest BCUT2D eigenvalue weighted by molar-refractivity contribution is -0.131. The van der Waals surface area contributed by atoms with Crippen LogP contribution in [0.2, 0.25) is 0 Å². The molecule has 270 valence electrons. The summed E-state index contributed by atoms with van der Waals surface area (Å²) in [5.41, 5.74) is 2.91. The van der Waals surface area contributed by atoms with Crippen molar-refractivity contribution in [3.63, 3.8) is 0 Å². The molecule has 2 aliphatic rings. The van der Waals surface area contributed by atoms with Gasteiger partial charge < -0.3 is 14.2 Å². The average Bonchev–Trinajstić information content (AvgIpc) is 3.12. The van der Waals surface area contributed by atoms with E-state index < -0.39 is 6.10 Å². The summed E-state index contributed by atoms with van der Waals surface area (Å²) < 4.78 is 30.5. The number of halogens is 1. The van der Waals surface area contributed by atoms with Gasteiger partial charge in [-0.25, -0.2) is 9.18 Å². The van der Waals surface area contributed by atoms with Crippen molar-refractivity contribution in [2.75, 3.05) is 13.7 Å². The molecule has 0 aromatic heterocycles. The number of methoxy groups -OCH3 is 1. The third-order valence-corrected chi connectivity index (χ3v) is 11.3. The fourth-order valence-corrected chi connectivity index (χ4v) is 8.11. The van der Waals surface area contributed by atoms with Crippen LogP contribution in [0.15, 0.2) is 72.8 Å². The van der Waals surface area contributed by atoms with E-state index in [0.717, 1.165) is 37.4 Å². The van der Waals surface area contributed by atoms with Gasteiger partial charge in [0.2, 0.25) is 0 Å². The van der Waals surface area contributed by atoms with Crippen LogP contribution in [0.5, 0.6) is 11.5 Å². The third kappa shape index (κ3) is 11.2. The minimum atomic E-state index is -0.544. The predicted molar refractivity (Wildman–Crippen MR) is 197 cm³/mol. The van der Waals surface area contributed by atoms with Crippen LogP contribution >= 0.6 is 0 Å². The Bertz CT molecular complexity index is 1470. The van der Waals surface area contributed by atoms with E-state index in [9.17, 15) is 14.0 Å². The summed E-state index contributed by atoms with van der Waals surface area (Å²) in [6.45, 7) is 2.67. The van der Waals surface area contributed by atoms with Gasteiger partial charge in [0.15, 0.2) is 11.9 Å². The Kier molecular flexibility index (Phi) is 14.8. The number of Topliss-reactive ketones (excluding diaryl/α,β-unsaturated/α-hetero) is 1. The average molecular weight is 685 g/mol. The van der Waals surface area contributed by atoms with Crippen molar-refractivity contribution in [3.8, 4) is 11.5 Å². The minimum Gasteiger partial charge on any atom is -0.493 e. The number of unbranched alkanes of at least 4 members (excludes halogenated alkanes) is 4. The number of ketones is 1. The number of benzene rings is 3. The number of hydrogen-bond donors (Lipinski definition) is 0. The number of carbonyl (C=O) groups excluding carboxylic acids is 2. The van der Waals surface area contributed by atoms with Crippen molar-refractivity contribution >= 4 is 11.8 Å². The van der Waals surface area contributed by atoms with Crippen LogP contribution in [0.4, 0.5) is 4.39 Å². The van der Waals surface area contributed by atoms with Gasteiger partial charge in [0.1, 0.15) is 17.3 Å². The Hall–Kier alpha value is -3.67. The van der Waals surface area contributed by atoms with E-state index in [1.807, 2.05) is 30.3 Å². The smallest absolute Gasteiger partial charge is 0.337 e. The fourth-order valence-electron chi connectivity index (χ4n) is 8.11. The molecule has 1 aliphatic heterocycles. The largest absolute Gasteiger partial charge is 0.493 e. The Labute approximate surface area is 299 Å².